The van der Waals surface area contributed by atoms with E-state index in [9.17, 15) is 19.7 Å². The molecule has 2 aromatic heterocycles. The van der Waals surface area contributed by atoms with Crippen LogP contribution in [0.4, 0.5) is 11.4 Å². The van der Waals surface area contributed by atoms with Crippen LogP contribution in [-0.2, 0) is 17.9 Å². The highest BCUT2D eigenvalue weighted by Crippen LogP contribution is 2.23. The molecule has 2 N–H and O–H groups in total. The van der Waals surface area contributed by atoms with Crippen molar-refractivity contribution in [3.63, 3.8) is 0 Å². The predicted molar refractivity (Wildman–Crippen MR) is 117 cm³/mol. The lowest BCUT2D eigenvalue weighted by molar-refractivity contribution is -0.384. The summed E-state index contributed by atoms with van der Waals surface area (Å²) < 4.78 is 6.78. The summed E-state index contributed by atoms with van der Waals surface area (Å²) in [7, 11) is 0. The number of carbonyl (C=O) groups is 2. The van der Waals surface area contributed by atoms with E-state index >= 15 is 0 Å². The zero-order valence-corrected chi connectivity index (χ0v) is 17.9. The van der Waals surface area contributed by atoms with Crippen molar-refractivity contribution in [1.29, 1.82) is 0 Å². The summed E-state index contributed by atoms with van der Waals surface area (Å²) in [6, 6.07) is 7.43. The van der Waals surface area contributed by atoms with Crippen LogP contribution in [0.3, 0.4) is 0 Å². The van der Waals surface area contributed by atoms with Crippen molar-refractivity contribution >= 4 is 35.0 Å². The highest BCUT2D eigenvalue weighted by molar-refractivity contribution is 7.99. The summed E-state index contributed by atoms with van der Waals surface area (Å²) in [5, 5.41) is 25.0. The van der Waals surface area contributed by atoms with Gasteiger partial charge in [0.05, 0.1) is 29.2 Å². The van der Waals surface area contributed by atoms with Crippen molar-refractivity contribution in [2.75, 3.05) is 11.1 Å². The molecule has 3 rings (SSSR count). The third-order valence-corrected chi connectivity index (χ3v) is 5.26. The number of nitro benzene ring substituents is 1. The van der Waals surface area contributed by atoms with Crippen molar-refractivity contribution in [2.24, 2.45) is 0 Å². The summed E-state index contributed by atoms with van der Waals surface area (Å²) in [6.45, 7) is 5.95. The first-order chi connectivity index (χ1) is 15.4. The van der Waals surface area contributed by atoms with Crippen molar-refractivity contribution in [3.05, 3.63) is 76.5 Å². The number of nitrogens with zero attached hydrogens (tertiary/aromatic N) is 4. The average molecular weight is 456 g/mol. The Balaban J connectivity index is 1.62. The van der Waals surface area contributed by atoms with Gasteiger partial charge in [-0.05, 0) is 24.6 Å². The number of carbonyl (C=O) groups excluding carboxylic acids is 2. The van der Waals surface area contributed by atoms with Crippen LogP contribution in [0.5, 0.6) is 0 Å². The largest absolute Gasteiger partial charge is 0.459 e. The maximum atomic E-state index is 12.4. The molecule has 0 aliphatic rings. The molecular formula is C20H20N6O5S. The molecule has 2 heterocycles. The van der Waals surface area contributed by atoms with E-state index in [1.165, 1.54) is 18.4 Å². The molecule has 0 saturated carbocycles. The van der Waals surface area contributed by atoms with E-state index in [0.717, 1.165) is 11.8 Å². The number of aryl methyl sites for hydroxylation is 1. The Kier molecular flexibility index (Phi) is 7.39. The van der Waals surface area contributed by atoms with Crippen molar-refractivity contribution in [2.45, 2.75) is 25.2 Å². The molecule has 1 aromatic carbocycles. The van der Waals surface area contributed by atoms with Crippen LogP contribution in [0.15, 0.2) is 58.8 Å². The molecule has 0 radical (unpaired) electrons. The molecule has 0 aliphatic carbocycles. The smallest absolute Gasteiger partial charge is 0.287 e. The lowest BCUT2D eigenvalue weighted by atomic mass is 10.2. The Labute approximate surface area is 187 Å². The number of anilines is 1. The van der Waals surface area contributed by atoms with Gasteiger partial charge in [0.25, 0.3) is 11.6 Å². The third-order valence-electron chi connectivity index (χ3n) is 4.30. The van der Waals surface area contributed by atoms with Gasteiger partial charge in [-0.2, -0.15) is 0 Å². The minimum absolute atomic E-state index is 0.0101. The molecule has 0 unspecified atom stereocenters. The first-order valence-corrected chi connectivity index (χ1v) is 10.4. The molecule has 0 bridgehead atoms. The minimum atomic E-state index is -0.520. The Morgan fingerprint density at radius 2 is 2.16 bits per heavy atom. The molecule has 0 saturated heterocycles. The second kappa shape index (κ2) is 10.4. The monoisotopic (exact) mass is 456 g/mol. The second-order valence-electron chi connectivity index (χ2n) is 6.55. The zero-order valence-electron chi connectivity index (χ0n) is 17.1. The van der Waals surface area contributed by atoms with Crippen LogP contribution >= 0.6 is 11.8 Å². The van der Waals surface area contributed by atoms with E-state index in [1.54, 1.807) is 35.8 Å². The predicted octanol–water partition coefficient (Wildman–Crippen LogP) is 2.93. The summed E-state index contributed by atoms with van der Waals surface area (Å²) in [6.07, 6.45) is 3.06. The molecular weight excluding hydrogens is 436 g/mol. The molecule has 32 heavy (non-hydrogen) atoms. The fourth-order valence-corrected chi connectivity index (χ4v) is 3.46. The van der Waals surface area contributed by atoms with Crippen molar-refractivity contribution in [3.8, 4) is 0 Å². The van der Waals surface area contributed by atoms with Gasteiger partial charge in [0.1, 0.15) is 0 Å². The average Bonchev–Trinajstić information content (AvgIpc) is 3.43. The van der Waals surface area contributed by atoms with E-state index in [4.69, 9.17) is 4.42 Å². The molecule has 2 amide bonds. The van der Waals surface area contributed by atoms with Crippen LogP contribution in [-0.4, -0.2) is 37.3 Å². The highest BCUT2D eigenvalue weighted by Gasteiger charge is 2.16. The maximum absolute atomic E-state index is 12.4. The molecule has 0 spiro atoms. The topological polar surface area (TPSA) is 145 Å². The lowest BCUT2D eigenvalue weighted by Gasteiger charge is -2.09. The number of benzene rings is 1. The van der Waals surface area contributed by atoms with Gasteiger partial charge in [-0.1, -0.05) is 23.9 Å². The number of non-ortho nitro benzene ring substituents is 1. The Morgan fingerprint density at radius 1 is 1.34 bits per heavy atom. The fourth-order valence-electron chi connectivity index (χ4n) is 2.70. The van der Waals surface area contributed by atoms with Gasteiger partial charge in [0.15, 0.2) is 16.7 Å². The lowest BCUT2D eigenvalue weighted by Crippen LogP contribution is -2.24. The van der Waals surface area contributed by atoms with Gasteiger partial charge in [-0.3, -0.25) is 19.7 Å². The van der Waals surface area contributed by atoms with Crippen LogP contribution in [0.25, 0.3) is 0 Å². The number of furan rings is 1. The van der Waals surface area contributed by atoms with Crippen LogP contribution in [0.1, 0.15) is 21.9 Å². The first-order valence-electron chi connectivity index (χ1n) is 9.41. The highest BCUT2D eigenvalue weighted by atomic mass is 32.2. The third kappa shape index (κ3) is 5.60. The van der Waals surface area contributed by atoms with E-state index in [1.807, 2.05) is 0 Å². The van der Waals surface area contributed by atoms with Gasteiger partial charge in [0, 0.05) is 18.7 Å². The number of thioether (sulfide) groups is 1. The number of amides is 2. The van der Waals surface area contributed by atoms with Crippen molar-refractivity contribution < 1.29 is 18.9 Å². The fraction of sp³-hybridized carbons (Fsp3) is 0.200. The van der Waals surface area contributed by atoms with E-state index in [-0.39, 0.29) is 35.6 Å². The number of hydrogen-bond donors (Lipinski definition) is 2. The van der Waals surface area contributed by atoms with E-state index < -0.39 is 4.92 Å². The van der Waals surface area contributed by atoms with Crippen molar-refractivity contribution in [1.82, 2.24) is 20.1 Å². The Hall–Kier alpha value is -3.93. The molecule has 12 heteroatoms. The van der Waals surface area contributed by atoms with Gasteiger partial charge >= 0.3 is 0 Å². The summed E-state index contributed by atoms with van der Waals surface area (Å²) >= 11 is 1.15. The quantitative estimate of drug-likeness (QED) is 0.205. The normalized spacial score (nSPS) is 10.5. The first kappa shape index (κ1) is 22.7. The Morgan fingerprint density at radius 3 is 2.84 bits per heavy atom. The number of nitrogens with one attached hydrogen (secondary N) is 2. The van der Waals surface area contributed by atoms with E-state index in [2.05, 4.69) is 27.4 Å². The maximum Gasteiger partial charge on any atom is 0.287 e. The Bertz CT molecular complexity index is 1140. The molecule has 0 atom stereocenters. The number of rotatable bonds is 10. The summed E-state index contributed by atoms with van der Waals surface area (Å²) in [5.41, 5.74) is 0.975. The van der Waals surface area contributed by atoms with Crippen LogP contribution in [0, 0.1) is 17.0 Å². The second-order valence-corrected chi connectivity index (χ2v) is 7.49. The van der Waals surface area contributed by atoms with Crippen LogP contribution < -0.4 is 10.6 Å². The molecule has 0 aliphatic heterocycles. The van der Waals surface area contributed by atoms with Gasteiger partial charge in [0.2, 0.25) is 5.91 Å². The van der Waals surface area contributed by atoms with Gasteiger partial charge in [-0.15, -0.1) is 16.8 Å². The number of nitro groups is 1. The summed E-state index contributed by atoms with van der Waals surface area (Å²) in [4.78, 5) is 34.9. The standard InChI is InChI=1S/C20H20N6O5S/c1-3-8-25-17(11-21-19(28)16-5-4-9-31-16)23-24-20(25)32-12-18(27)22-15-10-14(26(29)30)7-6-13(15)2/h3-7,9-10H,1,8,11-12H2,2H3,(H,21,28)(H,22,27). The zero-order chi connectivity index (χ0) is 23.1. The van der Waals surface area contributed by atoms with E-state index in [0.29, 0.717) is 28.8 Å². The minimum Gasteiger partial charge on any atom is -0.459 e. The molecule has 3 aromatic rings. The molecule has 166 valence electrons. The van der Waals surface area contributed by atoms with Crippen LogP contribution in [0.2, 0.25) is 0 Å². The number of aromatic nitrogens is 3. The summed E-state index contributed by atoms with van der Waals surface area (Å²) in [5.74, 6) is -0.0517. The number of allylic oxidation sites excluding steroid dienone is 1. The molecule has 0 fully saturated rings. The van der Waals surface area contributed by atoms with Gasteiger partial charge in [-0.25, -0.2) is 0 Å². The number of hydrogen-bond acceptors (Lipinski definition) is 8. The SMILES string of the molecule is C=CCn1c(CNC(=O)c2ccco2)nnc1SCC(=O)Nc1cc([N+](=O)[O-])ccc1C. The van der Waals surface area contributed by atoms with Gasteiger partial charge < -0.3 is 19.6 Å². The molecule has 11 nitrogen and oxygen atoms in total.